The van der Waals surface area contributed by atoms with E-state index in [9.17, 15) is 20.4 Å². The highest BCUT2D eigenvalue weighted by atomic mass is 16.4. The first-order valence-corrected chi connectivity index (χ1v) is 9.00. The average molecular weight is 390 g/mol. The van der Waals surface area contributed by atoms with Crippen LogP contribution in [0.2, 0.25) is 0 Å². The highest BCUT2D eigenvalue weighted by Gasteiger charge is 2.31. The lowest BCUT2D eigenvalue weighted by molar-refractivity contribution is -0.112. The first-order chi connectivity index (χ1) is 13.3. The number of hydrogen-bond donors (Lipinski definition) is 6. The molecular formula is C20H26N2O6. The van der Waals surface area contributed by atoms with Gasteiger partial charge < -0.3 is 40.6 Å². The van der Waals surface area contributed by atoms with Gasteiger partial charge >= 0.3 is 0 Å². The van der Waals surface area contributed by atoms with Crippen molar-refractivity contribution in [3.8, 4) is 0 Å². The van der Waals surface area contributed by atoms with Gasteiger partial charge in [0.05, 0.1) is 23.8 Å². The molecule has 1 heterocycles. The molecule has 0 aliphatic heterocycles. The van der Waals surface area contributed by atoms with E-state index in [1.165, 1.54) is 0 Å². The van der Waals surface area contributed by atoms with Gasteiger partial charge in [0, 0.05) is 24.7 Å². The summed E-state index contributed by atoms with van der Waals surface area (Å²) in [6.45, 7) is 1.10. The molecule has 0 amide bonds. The SMILES string of the molecule is Cc1cc(N(C)CC(O)C(O)C(O)C(O)CO)c2oc3ccccc3c2c1N. The van der Waals surface area contributed by atoms with E-state index in [1.54, 1.807) is 11.9 Å². The van der Waals surface area contributed by atoms with Crippen molar-refractivity contribution in [1.29, 1.82) is 0 Å². The third-order valence-corrected chi connectivity index (χ3v) is 5.07. The number of aliphatic hydroxyl groups is 5. The molecule has 4 unspecified atom stereocenters. The molecule has 8 nitrogen and oxygen atoms in total. The number of likely N-dealkylation sites (N-methyl/N-ethyl adjacent to an activating group) is 1. The fourth-order valence-electron chi connectivity index (χ4n) is 3.37. The summed E-state index contributed by atoms with van der Waals surface area (Å²) in [4.78, 5) is 1.68. The third-order valence-electron chi connectivity index (χ3n) is 5.07. The fraction of sp³-hybridized carbons (Fsp3) is 0.400. The molecule has 0 spiro atoms. The van der Waals surface area contributed by atoms with Crippen LogP contribution in [-0.4, -0.2) is 70.1 Å². The second-order valence-electron chi connectivity index (χ2n) is 7.11. The van der Waals surface area contributed by atoms with Crippen molar-refractivity contribution >= 4 is 33.3 Å². The van der Waals surface area contributed by atoms with E-state index in [1.807, 2.05) is 37.3 Å². The maximum absolute atomic E-state index is 10.3. The van der Waals surface area contributed by atoms with Gasteiger partial charge in [0.2, 0.25) is 0 Å². The summed E-state index contributed by atoms with van der Waals surface area (Å²) in [6.07, 6.45) is -6.23. The number of nitrogen functional groups attached to an aromatic ring is 1. The van der Waals surface area contributed by atoms with E-state index in [2.05, 4.69) is 0 Å². The molecule has 0 saturated carbocycles. The highest BCUT2D eigenvalue weighted by Crippen LogP contribution is 2.40. The van der Waals surface area contributed by atoms with Crippen LogP contribution in [0.25, 0.3) is 21.9 Å². The minimum absolute atomic E-state index is 0.0497. The normalized spacial score (nSPS) is 16.2. The number of fused-ring (bicyclic) bond motifs is 3. The number of aryl methyl sites for hydroxylation is 1. The topological polar surface area (TPSA) is 144 Å². The lowest BCUT2D eigenvalue weighted by atomic mass is 10.0. The lowest BCUT2D eigenvalue weighted by Crippen LogP contribution is -2.49. The van der Waals surface area contributed by atoms with E-state index in [0.29, 0.717) is 22.5 Å². The van der Waals surface area contributed by atoms with Crippen LogP contribution in [0, 0.1) is 6.92 Å². The second-order valence-corrected chi connectivity index (χ2v) is 7.11. The van der Waals surface area contributed by atoms with E-state index in [0.717, 1.165) is 16.3 Å². The van der Waals surface area contributed by atoms with Crippen molar-refractivity contribution in [3.63, 3.8) is 0 Å². The number of hydrogen-bond acceptors (Lipinski definition) is 8. The Morgan fingerprint density at radius 3 is 2.39 bits per heavy atom. The first kappa shape index (κ1) is 20.4. The van der Waals surface area contributed by atoms with Gasteiger partial charge in [-0.15, -0.1) is 0 Å². The Morgan fingerprint density at radius 2 is 1.71 bits per heavy atom. The molecule has 8 heteroatoms. The van der Waals surface area contributed by atoms with E-state index in [-0.39, 0.29) is 6.54 Å². The molecule has 1 aromatic heterocycles. The van der Waals surface area contributed by atoms with Gasteiger partial charge in [-0.05, 0) is 24.6 Å². The number of furan rings is 1. The van der Waals surface area contributed by atoms with Crippen molar-refractivity contribution in [2.45, 2.75) is 31.3 Å². The molecular weight excluding hydrogens is 364 g/mol. The van der Waals surface area contributed by atoms with Crippen molar-refractivity contribution in [2.75, 3.05) is 30.8 Å². The third kappa shape index (κ3) is 3.52. The number of nitrogens with zero attached hydrogens (tertiary/aromatic N) is 1. The van der Waals surface area contributed by atoms with Gasteiger partial charge in [-0.3, -0.25) is 0 Å². The maximum Gasteiger partial charge on any atom is 0.160 e. The summed E-state index contributed by atoms with van der Waals surface area (Å²) < 4.78 is 6.00. The lowest BCUT2D eigenvalue weighted by Gasteiger charge is -2.29. The fourth-order valence-corrected chi connectivity index (χ4v) is 3.37. The van der Waals surface area contributed by atoms with Gasteiger partial charge in [-0.2, -0.15) is 0 Å². The first-order valence-electron chi connectivity index (χ1n) is 9.00. The molecule has 0 aliphatic rings. The molecule has 28 heavy (non-hydrogen) atoms. The number of para-hydroxylation sites is 1. The molecule has 0 radical (unpaired) electrons. The quantitative estimate of drug-likeness (QED) is 0.317. The zero-order valence-electron chi connectivity index (χ0n) is 15.8. The zero-order chi connectivity index (χ0) is 20.6. The Bertz CT molecular complexity index is 972. The molecule has 0 aliphatic carbocycles. The Kier molecular flexibility index (Phi) is 5.78. The summed E-state index contributed by atoms with van der Waals surface area (Å²) in [5.74, 6) is 0. The smallest absolute Gasteiger partial charge is 0.160 e. The van der Waals surface area contributed by atoms with Crippen LogP contribution in [0.15, 0.2) is 34.7 Å². The van der Waals surface area contributed by atoms with E-state index >= 15 is 0 Å². The second kappa shape index (κ2) is 7.94. The number of anilines is 2. The largest absolute Gasteiger partial charge is 0.454 e. The summed E-state index contributed by atoms with van der Waals surface area (Å²) >= 11 is 0. The van der Waals surface area contributed by atoms with Crippen LogP contribution in [-0.2, 0) is 0 Å². The monoisotopic (exact) mass is 390 g/mol. The van der Waals surface area contributed by atoms with Crippen LogP contribution in [0.5, 0.6) is 0 Å². The maximum atomic E-state index is 10.3. The molecule has 3 aromatic rings. The van der Waals surface area contributed by atoms with Crippen LogP contribution in [0.1, 0.15) is 5.56 Å². The Labute approximate surface area is 162 Å². The summed E-state index contributed by atoms with van der Waals surface area (Å²) in [5.41, 5.74) is 9.65. The number of nitrogens with two attached hydrogens (primary N) is 1. The van der Waals surface area contributed by atoms with Crippen molar-refractivity contribution in [1.82, 2.24) is 0 Å². The molecule has 3 rings (SSSR count). The minimum Gasteiger partial charge on any atom is -0.454 e. The Hall–Kier alpha value is -2.36. The molecule has 7 N–H and O–H groups in total. The van der Waals surface area contributed by atoms with Crippen LogP contribution >= 0.6 is 0 Å². The van der Waals surface area contributed by atoms with Gasteiger partial charge in [-0.1, -0.05) is 18.2 Å². The van der Waals surface area contributed by atoms with Gasteiger partial charge in [0.1, 0.15) is 23.9 Å². The molecule has 0 fully saturated rings. The van der Waals surface area contributed by atoms with Crippen LogP contribution in [0.4, 0.5) is 11.4 Å². The standard InChI is InChI=1S/C20H26N2O6/c1-10-7-12(22(2)8-13(24)18(26)19(27)14(25)9-23)20-16(17(10)21)11-5-3-4-6-15(11)28-20/h3-7,13-14,18-19,23-27H,8-9,21H2,1-2H3. The predicted molar refractivity (Wildman–Crippen MR) is 107 cm³/mol. The van der Waals surface area contributed by atoms with Gasteiger partial charge in [0.25, 0.3) is 0 Å². The number of aliphatic hydroxyl groups excluding tert-OH is 5. The van der Waals surface area contributed by atoms with Gasteiger partial charge in [0.15, 0.2) is 5.58 Å². The molecule has 0 saturated heterocycles. The Morgan fingerprint density at radius 1 is 1.07 bits per heavy atom. The number of benzene rings is 2. The molecule has 2 aromatic carbocycles. The van der Waals surface area contributed by atoms with E-state index in [4.69, 9.17) is 15.3 Å². The summed E-state index contributed by atoms with van der Waals surface area (Å²) in [7, 11) is 1.71. The van der Waals surface area contributed by atoms with E-state index < -0.39 is 31.0 Å². The number of rotatable bonds is 7. The molecule has 152 valence electrons. The van der Waals surface area contributed by atoms with Crippen molar-refractivity contribution < 1.29 is 29.9 Å². The van der Waals surface area contributed by atoms with Crippen LogP contribution in [0.3, 0.4) is 0 Å². The zero-order valence-corrected chi connectivity index (χ0v) is 15.8. The summed E-state index contributed by atoms with van der Waals surface area (Å²) in [6, 6.07) is 9.37. The van der Waals surface area contributed by atoms with Crippen molar-refractivity contribution in [3.05, 3.63) is 35.9 Å². The molecule has 4 atom stereocenters. The van der Waals surface area contributed by atoms with Crippen LogP contribution < -0.4 is 10.6 Å². The average Bonchev–Trinajstić information content (AvgIpc) is 3.08. The van der Waals surface area contributed by atoms with Crippen molar-refractivity contribution in [2.24, 2.45) is 0 Å². The Balaban J connectivity index is 1.96. The predicted octanol–water partition coefficient (Wildman–Crippen LogP) is 0.349. The highest BCUT2D eigenvalue weighted by molar-refractivity contribution is 6.15. The summed E-state index contributed by atoms with van der Waals surface area (Å²) in [5, 5.41) is 50.2. The minimum atomic E-state index is -1.67. The molecule has 0 bridgehead atoms. The van der Waals surface area contributed by atoms with Gasteiger partial charge in [-0.25, -0.2) is 0 Å².